The minimum atomic E-state index is -1.38. The van der Waals surface area contributed by atoms with Crippen LogP contribution in [0.5, 0.6) is 0 Å². The molecule has 0 aromatic carbocycles. The minimum Gasteiger partial charge on any atom is -0.426 e. The second-order valence-corrected chi connectivity index (χ2v) is 5.99. The molecule has 1 saturated carbocycles. The van der Waals surface area contributed by atoms with Crippen LogP contribution in [-0.2, 0) is 9.53 Å². The fraction of sp³-hybridized carbons (Fsp3) is 0.533. The first-order chi connectivity index (χ1) is 8.36. The first-order valence-electron chi connectivity index (χ1n) is 6.38. The van der Waals surface area contributed by atoms with E-state index in [1.54, 1.807) is 6.92 Å². The first kappa shape index (κ1) is 11.7. The standard InChI is InChI=1S/C15H18O3/c1-9-5-4-6-14(3)8-15(17)12(7-11(9)14)10(2)13(16)18-15/h4-6,11,17H,7-8H2,1-3H3. The highest BCUT2D eigenvalue weighted by Gasteiger charge is 2.55. The van der Waals surface area contributed by atoms with Gasteiger partial charge in [-0.2, -0.15) is 0 Å². The van der Waals surface area contributed by atoms with Crippen molar-refractivity contribution < 1.29 is 14.6 Å². The molecule has 1 aliphatic heterocycles. The number of esters is 1. The van der Waals surface area contributed by atoms with Crippen molar-refractivity contribution in [2.24, 2.45) is 11.3 Å². The molecule has 1 N–H and O–H groups in total. The van der Waals surface area contributed by atoms with Gasteiger partial charge in [0.2, 0.25) is 5.79 Å². The lowest BCUT2D eigenvalue weighted by molar-refractivity contribution is -0.197. The van der Waals surface area contributed by atoms with E-state index in [-0.39, 0.29) is 11.4 Å². The maximum Gasteiger partial charge on any atom is 0.336 e. The molecule has 1 fully saturated rings. The number of allylic oxidation sites excluding steroid dienone is 4. The van der Waals surface area contributed by atoms with Crippen molar-refractivity contribution in [3.63, 3.8) is 0 Å². The molecule has 0 amide bonds. The van der Waals surface area contributed by atoms with Crippen molar-refractivity contribution in [3.8, 4) is 0 Å². The summed E-state index contributed by atoms with van der Waals surface area (Å²) in [6, 6.07) is 0. The van der Waals surface area contributed by atoms with Gasteiger partial charge in [-0.15, -0.1) is 0 Å². The molecule has 1 heterocycles. The predicted octanol–water partition coefficient (Wildman–Crippen LogP) is 2.48. The van der Waals surface area contributed by atoms with Gasteiger partial charge in [0.15, 0.2) is 0 Å². The number of ether oxygens (including phenoxy) is 1. The Morgan fingerprint density at radius 2 is 2.17 bits per heavy atom. The maximum absolute atomic E-state index is 11.7. The Bertz CT molecular complexity index is 526. The topological polar surface area (TPSA) is 46.5 Å². The van der Waals surface area contributed by atoms with E-state index in [0.717, 1.165) is 5.57 Å². The lowest BCUT2D eigenvalue weighted by atomic mass is 9.60. The van der Waals surface area contributed by atoms with Crippen LogP contribution >= 0.6 is 0 Å². The van der Waals surface area contributed by atoms with Gasteiger partial charge >= 0.3 is 5.97 Å². The average molecular weight is 246 g/mol. The van der Waals surface area contributed by atoms with Crippen molar-refractivity contribution in [3.05, 3.63) is 34.9 Å². The first-order valence-corrected chi connectivity index (χ1v) is 6.38. The molecule has 3 unspecified atom stereocenters. The van der Waals surface area contributed by atoms with Crippen LogP contribution in [0.1, 0.15) is 33.6 Å². The van der Waals surface area contributed by atoms with Crippen LogP contribution in [0.4, 0.5) is 0 Å². The second-order valence-electron chi connectivity index (χ2n) is 5.99. The maximum atomic E-state index is 11.7. The molecule has 3 atom stereocenters. The Hall–Kier alpha value is -1.35. The summed E-state index contributed by atoms with van der Waals surface area (Å²) in [5.74, 6) is -1.41. The van der Waals surface area contributed by atoms with Gasteiger partial charge in [0, 0.05) is 17.6 Å². The Morgan fingerprint density at radius 3 is 2.89 bits per heavy atom. The number of rotatable bonds is 0. The van der Waals surface area contributed by atoms with Gasteiger partial charge in [-0.05, 0) is 31.6 Å². The number of aliphatic hydroxyl groups is 1. The van der Waals surface area contributed by atoms with Crippen molar-refractivity contribution in [1.29, 1.82) is 0 Å². The summed E-state index contributed by atoms with van der Waals surface area (Å²) in [4.78, 5) is 11.7. The highest BCUT2D eigenvalue weighted by atomic mass is 16.7. The van der Waals surface area contributed by atoms with Gasteiger partial charge in [-0.1, -0.05) is 30.7 Å². The van der Waals surface area contributed by atoms with Crippen LogP contribution in [0.25, 0.3) is 0 Å². The molecule has 0 bridgehead atoms. The van der Waals surface area contributed by atoms with E-state index in [1.165, 1.54) is 5.57 Å². The lowest BCUT2D eigenvalue weighted by Crippen LogP contribution is -2.46. The number of carbonyl (C=O) groups excluding carboxylic acids is 1. The molecule has 0 aromatic rings. The Kier molecular flexibility index (Phi) is 2.18. The molecule has 0 radical (unpaired) electrons. The summed E-state index contributed by atoms with van der Waals surface area (Å²) >= 11 is 0. The Morgan fingerprint density at radius 1 is 1.44 bits per heavy atom. The van der Waals surface area contributed by atoms with Crippen LogP contribution in [-0.4, -0.2) is 16.9 Å². The van der Waals surface area contributed by atoms with Gasteiger partial charge in [-0.25, -0.2) is 4.79 Å². The van der Waals surface area contributed by atoms with E-state index in [1.807, 2.05) is 6.08 Å². The minimum absolute atomic E-state index is 0.137. The van der Waals surface area contributed by atoms with E-state index in [4.69, 9.17) is 4.74 Å². The van der Waals surface area contributed by atoms with Crippen LogP contribution in [0, 0.1) is 11.3 Å². The highest BCUT2D eigenvalue weighted by Crippen LogP contribution is 2.55. The predicted molar refractivity (Wildman–Crippen MR) is 67.5 cm³/mol. The Balaban J connectivity index is 2.08. The summed E-state index contributed by atoms with van der Waals surface area (Å²) in [7, 11) is 0. The number of hydrogen-bond donors (Lipinski definition) is 1. The third-order valence-electron chi connectivity index (χ3n) is 4.70. The summed E-state index contributed by atoms with van der Waals surface area (Å²) in [5.41, 5.74) is 2.53. The Labute approximate surface area is 107 Å². The van der Waals surface area contributed by atoms with Gasteiger partial charge in [0.05, 0.1) is 0 Å². The van der Waals surface area contributed by atoms with Crippen molar-refractivity contribution in [2.45, 2.75) is 39.4 Å². The fourth-order valence-electron chi connectivity index (χ4n) is 3.63. The summed E-state index contributed by atoms with van der Waals surface area (Å²) in [6.07, 6.45) is 7.43. The van der Waals surface area contributed by atoms with Gasteiger partial charge in [0.25, 0.3) is 0 Å². The zero-order chi connectivity index (χ0) is 13.1. The van der Waals surface area contributed by atoms with Crippen LogP contribution < -0.4 is 0 Å². The normalized spacial score (nSPS) is 42.3. The summed E-state index contributed by atoms with van der Waals surface area (Å²) in [5, 5.41) is 10.6. The molecule has 18 heavy (non-hydrogen) atoms. The molecule has 0 spiro atoms. The molecular weight excluding hydrogens is 228 g/mol. The van der Waals surface area contributed by atoms with Crippen molar-refractivity contribution in [2.75, 3.05) is 0 Å². The van der Waals surface area contributed by atoms with Crippen molar-refractivity contribution in [1.82, 2.24) is 0 Å². The molecule has 96 valence electrons. The smallest absolute Gasteiger partial charge is 0.336 e. The molecular formula is C15H18O3. The van der Waals surface area contributed by atoms with Gasteiger partial charge in [-0.3, -0.25) is 0 Å². The van der Waals surface area contributed by atoms with E-state index in [0.29, 0.717) is 24.3 Å². The molecule has 3 heteroatoms. The van der Waals surface area contributed by atoms with E-state index < -0.39 is 5.79 Å². The van der Waals surface area contributed by atoms with Crippen molar-refractivity contribution >= 4 is 5.97 Å². The largest absolute Gasteiger partial charge is 0.426 e. The molecule has 3 nitrogen and oxygen atoms in total. The quantitative estimate of drug-likeness (QED) is 0.668. The molecule has 3 aliphatic rings. The monoisotopic (exact) mass is 246 g/mol. The SMILES string of the molecule is CC1=CC=CC2(C)CC3(O)OC(=O)C(C)=C3CC12. The van der Waals surface area contributed by atoms with Crippen LogP contribution in [0.3, 0.4) is 0 Å². The zero-order valence-corrected chi connectivity index (χ0v) is 11.0. The molecule has 2 aliphatic carbocycles. The summed E-state index contributed by atoms with van der Waals surface area (Å²) in [6.45, 7) is 5.99. The van der Waals surface area contributed by atoms with Crippen LogP contribution in [0.15, 0.2) is 34.9 Å². The molecule has 0 saturated heterocycles. The molecule has 0 aromatic heterocycles. The van der Waals surface area contributed by atoms with Gasteiger partial charge in [0.1, 0.15) is 0 Å². The highest BCUT2D eigenvalue weighted by molar-refractivity contribution is 5.92. The number of carbonyl (C=O) groups is 1. The van der Waals surface area contributed by atoms with Gasteiger partial charge < -0.3 is 9.84 Å². The molecule has 3 rings (SSSR count). The van der Waals surface area contributed by atoms with E-state index in [9.17, 15) is 9.90 Å². The fourth-order valence-corrected chi connectivity index (χ4v) is 3.63. The number of fused-ring (bicyclic) bond motifs is 2. The average Bonchev–Trinajstić information content (AvgIpc) is 2.46. The third kappa shape index (κ3) is 1.37. The summed E-state index contributed by atoms with van der Waals surface area (Å²) < 4.78 is 5.20. The van der Waals surface area contributed by atoms with E-state index in [2.05, 4.69) is 26.0 Å². The lowest BCUT2D eigenvalue weighted by Gasteiger charge is -2.47. The van der Waals surface area contributed by atoms with Crippen LogP contribution in [0.2, 0.25) is 0 Å². The zero-order valence-electron chi connectivity index (χ0n) is 11.0. The van der Waals surface area contributed by atoms with E-state index >= 15 is 0 Å². The second kappa shape index (κ2) is 3.35. The third-order valence-corrected chi connectivity index (χ3v) is 4.70. The number of hydrogen-bond acceptors (Lipinski definition) is 3.